The lowest BCUT2D eigenvalue weighted by molar-refractivity contribution is 0.0693. The molecule has 1 fully saturated rings. The van der Waals surface area contributed by atoms with E-state index in [0.29, 0.717) is 11.6 Å². The fourth-order valence-corrected chi connectivity index (χ4v) is 5.79. The summed E-state index contributed by atoms with van der Waals surface area (Å²) in [5.74, 6) is -0.244. The molecule has 6 nitrogen and oxygen atoms in total. The van der Waals surface area contributed by atoms with Crippen molar-refractivity contribution in [3.05, 3.63) is 71.0 Å². The number of rotatable bonds is 5. The van der Waals surface area contributed by atoms with E-state index in [1.807, 2.05) is 12.1 Å². The molecule has 0 N–H and O–H groups in total. The number of piperazine rings is 1. The van der Waals surface area contributed by atoms with E-state index in [1.165, 1.54) is 33.3 Å². The van der Waals surface area contributed by atoms with Crippen LogP contribution in [0.1, 0.15) is 35.8 Å². The van der Waals surface area contributed by atoms with Crippen LogP contribution in [0.3, 0.4) is 0 Å². The number of thiazole rings is 1. The number of aromatic nitrogens is 1. The maximum absolute atomic E-state index is 13.1. The van der Waals surface area contributed by atoms with Crippen molar-refractivity contribution < 1.29 is 17.6 Å². The van der Waals surface area contributed by atoms with Crippen LogP contribution in [-0.4, -0.2) is 54.7 Å². The summed E-state index contributed by atoms with van der Waals surface area (Å²) in [6.45, 7) is 5.18. The van der Waals surface area contributed by atoms with Crippen LogP contribution in [0.2, 0.25) is 0 Å². The quantitative estimate of drug-likeness (QED) is 0.556. The number of sulfonamides is 1. The monoisotopic (exact) mass is 473 g/mol. The van der Waals surface area contributed by atoms with Crippen LogP contribution in [0.15, 0.2) is 58.8 Å². The first kappa shape index (κ1) is 22.6. The van der Waals surface area contributed by atoms with E-state index in [-0.39, 0.29) is 37.0 Å². The van der Waals surface area contributed by atoms with E-state index in [0.717, 1.165) is 22.7 Å². The molecule has 0 radical (unpaired) electrons. The molecule has 32 heavy (non-hydrogen) atoms. The molecule has 0 unspecified atom stereocenters. The van der Waals surface area contributed by atoms with E-state index < -0.39 is 15.8 Å². The van der Waals surface area contributed by atoms with E-state index in [2.05, 4.69) is 31.0 Å². The molecule has 2 aromatic carbocycles. The molecule has 0 saturated carbocycles. The van der Waals surface area contributed by atoms with E-state index in [1.54, 1.807) is 10.3 Å². The number of carbonyl (C=O) groups is 1. The number of benzene rings is 2. The van der Waals surface area contributed by atoms with Crippen molar-refractivity contribution in [1.82, 2.24) is 14.2 Å². The van der Waals surface area contributed by atoms with Crippen LogP contribution in [0.4, 0.5) is 4.39 Å². The number of hydrogen-bond acceptors (Lipinski definition) is 5. The van der Waals surface area contributed by atoms with Gasteiger partial charge in [0.1, 0.15) is 16.5 Å². The minimum absolute atomic E-state index is 0.0475. The molecule has 1 saturated heterocycles. The molecule has 0 atom stereocenters. The topological polar surface area (TPSA) is 70.6 Å². The second-order valence-electron chi connectivity index (χ2n) is 7.96. The van der Waals surface area contributed by atoms with E-state index in [4.69, 9.17) is 0 Å². The van der Waals surface area contributed by atoms with Crippen molar-refractivity contribution in [3.63, 3.8) is 0 Å². The van der Waals surface area contributed by atoms with Gasteiger partial charge in [-0.05, 0) is 35.7 Å². The second-order valence-corrected chi connectivity index (χ2v) is 10.8. The fraction of sp³-hybridized carbons (Fsp3) is 0.304. The highest BCUT2D eigenvalue weighted by molar-refractivity contribution is 7.89. The fourth-order valence-electron chi connectivity index (χ4n) is 3.56. The molecular formula is C23H24FN3O3S2. The van der Waals surface area contributed by atoms with Crippen molar-refractivity contribution in [1.29, 1.82) is 0 Å². The highest BCUT2D eigenvalue weighted by Crippen LogP contribution is 2.27. The van der Waals surface area contributed by atoms with E-state index in [9.17, 15) is 17.6 Å². The summed E-state index contributed by atoms with van der Waals surface area (Å²) in [6.07, 6.45) is 0. The van der Waals surface area contributed by atoms with E-state index >= 15 is 0 Å². The summed E-state index contributed by atoms with van der Waals surface area (Å²) >= 11 is 1.42. The number of carbonyl (C=O) groups excluding carboxylic acids is 1. The molecule has 0 spiro atoms. The summed E-state index contributed by atoms with van der Waals surface area (Å²) in [6, 6.07) is 12.9. The SMILES string of the molecule is CC(C)c1ccc(-c2nc(C(=O)N3CCN(S(=O)(=O)c4ccc(F)cc4)CC3)cs2)cc1. The maximum Gasteiger partial charge on any atom is 0.273 e. The lowest BCUT2D eigenvalue weighted by Crippen LogP contribution is -2.50. The second kappa shape index (κ2) is 9.09. The highest BCUT2D eigenvalue weighted by atomic mass is 32.2. The van der Waals surface area contributed by atoms with Gasteiger partial charge in [0.2, 0.25) is 10.0 Å². The molecule has 4 rings (SSSR count). The minimum Gasteiger partial charge on any atom is -0.335 e. The normalized spacial score (nSPS) is 15.3. The van der Waals surface area contributed by atoms with Gasteiger partial charge < -0.3 is 4.90 Å². The van der Waals surface area contributed by atoms with Gasteiger partial charge in [0.05, 0.1) is 4.90 Å². The molecular weight excluding hydrogens is 449 g/mol. The standard InChI is InChI=1S/C23H24FN3O3S2/c1-16(2)17-3-5-18(6-4-17)22-25-21(15-31-22)23(28)26-11-13-27(14-12-26)32(29,30)20-9-7-19(24)8-10-20/h3-10,15-16H,11-14H2,1-2H3. The van der Waals surface area contributed by atoms with Gasteiger partial charge in [-0.15, -0.1) is 11.3 Å². The molecule has 1 aliphatic rings. The Kier molecular flexibility index (Phi) is 6.41. The number of halogens is 1. The van der Waals surface area contributed by atoms with Gasteiger partial charge >= 0.3 is 0 Å². The zero-order chi connectivity index (χ0) is 22.9. The predicted octanol–water partition coefficient (Wildman–Crippen LogP) is 4.22. The van der Waals surface area contributed by atoms with Gasteiger partial charge in [0.15, 0.2) is 0 Å². The molecule has 2 heterocycles. The first-order chi connectivity index (χ1) is 15.3. The largest absolute Gasteiger partial charge is 0.335 e. The molecule has 9 heteroatoms. The van der Waals surface area contributed by atoms with Crippen molar-refractivity contribution in [3.8, 4) is 10.6 Å². The van der Waals surface area contributed by atoms with Crippen LogP contribution >= 0.6 is 11.3 Å². The first-order valence-corrected chi connectivity index (χ1v) is 12.7. The molecule has 1 amide bonds. The molecule has 168 valence electrons. The third kappa shape index (κ3) is 4.60. The van der Waals surface area contributed by atoms with Crippen molar-refractivity contribution in [2.75, 3.05) is 26.2 Å². The molecule has 0 aliphatic carbocycles. The van der Waals surface area contributed by atoms with Crippen LogP contribution in [0, 0.1) is 5.82 Å². The number of amides is 1. The molecule has 0 bridgehead atoms. The van der Waals surface area contributed by atoms with Crippen molar-refractivity contribution >= 4 is 27.3 Å². The van der Waals surface area contributed by atoms with Crippen molar-refractivity contribution in [2.45, 2.75) is 24.7 Å². The number of hydrogen-bond donors (Lipinski definition) is 0. The molecule has 3 aromatic rings. The lowest BCUT2D eigenvalue weighted by atomic mass is 10.0. The smallest absolute Gasteiger partial charge is 0.273 e. The zero-order valence-electron chi connectivity index (χ0n) is 17.9. The minimum atomic E-state index is -3.72. The van der Waals surface area contributed by atoms with Crippen LogP contribution in [0.5, 0.6) is 0 Å². The number of nitrogens with zero attached hydrogens (tertiary/aromatic N) is 3. The Hall–Kier alpha value is -2.62. The van der Waals surface area contributed by atoms with Gasteiger partial charge in [-0.1, -0.05) is 38.1 Å². The van der Waals surface area contributed by atoms with Crippen molar-refractivity contribution in [2.24, 2.45) is 0 Å². The van der Waals surface area contributed by atoms with Crippen LogP contribution in [-0.2, 0) is 10.0 Å². The summed E-state index contributed by atoms with van der Waals surface area (Å²) in [5.41, 5.74) is 2.58. The lowest BCUT2D eigenvalue weighted by Gasteiger charge is -2.33. The van der Waals surface area contributed by atoms with Crippen LogP contribution in [0.25, 0.3) is 10.6 Å². The average molecular weight is 474 g/mol. The predicted molar refractivity (Wildman–Crippen MR) is 123 cm³/mol. The Balaban J connectivity index is 1.41. The summed E-state index contributed by atoms with van der Waals surface area (Å²) in [7, 11) is -3.72. The third-order valence-corrected chi connectivity index (χ3v) is 8.33. The highest BCUT2D eigenvalue weighted by Gasteiger charge is 2.31. The summed E-state index contributed by atoms with van der Waals surface area (Å²) in [5, 5.41) is 2.52. The van der Waals surface area contributed by atoms with Gasteiger partial charge in [-0.2, -0.15) is 4.31 Å². The van der Waals surface area contributed by atoms with Gasteiger partial charge in [-0.25, -0.2) is 17.8 Å². The average Bonchev–Trinajstić information content (AvgIpc) is 3.29. The summed E-state index contributed by atoms with van der Waals surface area (Å²) < 4.78 is 40.0. The Labute approximate surface area is 191 Å². The third-order valence-electron chi connectivity index (χ3n) is 5.52. The Bertz CT molecular complexity index is 1200. The molecule has 1 aromatic heterocycles. The first-order valence-electron chi connectivity index (χ1n) is 10.4. The molecule has 1 aliphatic heterocycles. The maximum atomic E-state index is 13.1. The Morgan fingerprint density at radius 2 is 1.62 bits per heavy atom. The van der Waals surface area contributed by atoms with Gasteiger partial charge in [0.25, 0.3) is 5.91 Å². The Morgan fingerprint density at radius 1 is 1.00 bits per heavy atom. The van der Waals surface area contributed by atoms with Gasteiger partial charge in [-0.3, -0.25) is 4.79 Å². The Morgan fingerprint density at radius 3 is 2.22 bits per heavy atom. The van der Waals surface area contributed by atoms with Gasteiger partial charge in [0, 0.05) is 37.1 Å². The summed E-state index contributed by atoms with van der Waals surface area (Å²) in [4.78, 5) is 19.1. The zero-order valence-corrected chi connectivity index (χ0v) is 19.5. The van der Waals surface area contributed by atoms with Crippen LogP contribution < -0.4 is 0 Å².